The molecule has 0 amide bonds. The molecule has 0 spiro atoms. The second-order valence-corrected chi connectivity index (χ2v) is 17.4. The van der Waals surface area contributed by atoms with E-state index in [9.17, 15) is 0 Å². The maximum absolute atomic E-state index is 7.33. The maximum Gasteiger partial charge on any atom is 0.0674 e. The van der Waals surface area contributed by atoms with Crippen molar-refractivity contribution in [2.45, 2.75) is 64.2 Å². The Morgan fingerprint density at radius 1 is 0.545 bits per heavy atom. The predicted octanol–water partition coefficient (Wildman–Crippen LogP) is 8.86. The molecule has 4 nitrogen and oxygen atoms in total. The summed E-state index contributed by atoms with van der Waals surface area (Å²) in [6, 6.07) is 21.9. The number of nitrogens with zero attached hydrogens (tertiary/aromatic N) is 3. The van der Waals surface area contributed by atoms with E-state index in [4.69, 9.17) is 16.5 Å². The zero-order chi connectivity index (χ0) is 29.8. The lowest BCUT2D eigenvalue weighted by molar-refractivity contribution is 0.0750. The SMILES string of the molecule is S=P(C1=C(N2CCCCC2)/C(=C\c2ccccc2)CC1)(C1=C(N2CCCCC2)/C(=C\c2ccccc2)CC1)N1CCOCC1. The highest BCUT2D eigenvalue weighted by Crippen LogP contribution is 2.72. The number of hydrogen-bond donors (Lipinski definition) is 0. The monoisotopic (exact) mass is 625 g/mol. The second-order valence-electron chi connectivity index (χ2n) is 13.0. The summed E-state index contributed by atoms with van der Waals surface area (Å²) in [5.41, 5.74) is 8.67. The molecule has 2 aliphatic carbocycles. The fourth-order valence-electron chi connectivity index (χ4n) is 8.07. The predicted molar refractivity (Wildman–Crippen MR) is 189 cm³/mol. The molecule has 3 fully saturated rings. The third kappa shape index (κ3) is 6.18. The van der Waals surface area contributed by atoms with Crippen LogP contribution in [0.5, 0.6) is 0 Å². The minimum Gasteiger partial charge on any atom is -0.379 e. The summed E-state index contributed by atoms with van der Waals surface area (Å²) in [5, 5.41) is 3.20. The van der Waals surface area contributed by atoms with Crippen molar-refractivity contribution in [2.24, 2.45) is 0 Å². The second kappa shape index (κ2) is 13.9. The van der Waals surface area contributed by atoms with Gasteiger partial charge in [0.2, 0.25) is 0 Å². The van der Waals surface area contributed by atoms with Crippen LogP contribution in [0.2, 0.25) is 0 Å². The van der Waals surface area contributed by atoms with Crippen LogP contribution in [-0.2, 0) is 16.5 Å². The van der Waals surface area contributed by atoms with E-state index < -0.39 is 6.19 Å². The Morgan fingerprint density at radius 2 is 0.977 bits per heavy atom. The Balaban J connectivity index is 1.43. The van der Waals surface area contributed by atoms with Crippen LogP contribution in [0.25, 0.3) is 12.2 Å². The molecule has 3 saturated heterocycles. The molecule has 0 aromatic heterocycles. The molecule has 2 aromatic carbocycles. The number of ether oxygens (including phenoxy) is 1. The smallest absolute Gasteiger partial charge is 0.0674 e. The summed E-state index contributed by atoms with van der Waals surface area (Å²) in [4.78, 5) is 5.50. The number of benzene rings is 2. The van der Waals surface area contributed by atoms with E-state index in [0.717, 1.165) is 78.2 Å². The molecule has 0 unspecified atom stereocenters. The third-order valence-electron chi connectivity index (χ3n) is 10.2. The zero-order valence-corrected chi connectivity index (χ0v) is 28.0. The molecule has 44 heavy (non-hydrogen) atoms. The van der Waals surface area contributed by atoms with Crippen LogP contribution in [0.4, 0.5) is 0 Å². The Labute approximate surface area is 270 Å². The first-order valence-corrected chi connectivity index (χ1v) is 19.9. The van der Waals surface area contributed by atoms with E-state index >= 15 is 0 Å². The van der Waals surface area contributed by atoms with E-state index in [1.807, 2.05) is 0 Å². The number of rotatable bonds is 7. The Kier molecular flexibility index (Phi) is 9.56. The first-order valence-electron chi connectivity index (χ1n) is 17.1. The van der Waals surface area contributed by atoms with E-state index in [1.165, 1.54) is 72.2 Å². The van der Waals surface area contributed by atoms with Crippen molar-refractivity contribution in [3.8, 4) is 0 Å². The summed E-state index contributed by atoms with van der Waals surface area (Å²) in [7, 11) is 0. The first-order chi connectivity index (χ1) is 21.7. The standard InChI is InChI=1S/C38H48N3OPS/c44-43(41-25-27-42-28-26-41,35-19-17-33(29-31-13-5-1-6-14-31)37(35)39-21-9-3-10-22-39)36-20-18-34(30-32-15-7-2-8-16-32)38(36)40-23-11-4-12-24-40/h1-2,5-8,13-16,29-30H,3-4,9-12,17-28H2/b33-29-,34-30-. The fourth-order valence-corrected chi connectivity index (χ4v) is 13.3. The topological polar surface area (TPSA) is 19.0 Å². The molecule has 7 rings (SSSR count). The van der Waals surface area contributed by atoms with Crippen LogP contribution in [0, 0.1) is 0 Å². The molecule has 0 radical (unpaired) electrons. The van der Waals surface area contributed by atoms with E-state index in [0.29, 0.717) is 0 Å². The summed E-state index contributed by atoms with van der Waals surface area (Å²) in [6.07, 6.45) is 14.9. The zero-order valence-electron chi connectivity index (χ0n) is 26.3. The molecule has 6 heteroatoms. The molecular weight excluding hydrogens is 577 g/mol. The highest BCUT2D eigenvalue weighted by atomic mass is 32.4. The van der Waals surface area contributed by atoms with Gasteiger partial charge in [-0.3, -0.25) is 4.67 Å². The van der Waals surface area contributed by atoms with Gasteiger partial charge in [-0.25, -0.2) is 0 Å². The van der Waals surface area contributed by atoms with Gasteiger partial charge in [0.1, 0.15) is 0 Å². The molecule has 0 atom stereocenters. The van der Waals surface area contributed by atoms with Gasteiger partial charge in [-0.15, -0.1) is 0 Å². The Bertz CT molecular complexity index is 1370. The van der Waals surface area contributed by atoms with Crippen molar-refractivity contribution in [2.75, 3.05) is 52.5 Å². The van der Waals surface area contributed by atoms with Gasteiger partial charge in [-0.1, -0.05) is 72.5 Å². The molecule has 2 aromatic rings. The number of likely N-dealkylation sites (tertiary alicyclic amines) is 2. The summed E-state index contributed by atoms with van der Waals surface area (Å²) < 4.78 is 8.71. The van der Waals surface area contributed by atoms with Crippen molar-refractivity contribution in [1.82, 2.24) is 14.5 Å². The summed E-state index contributed by atoms with van der Waals surface area (Å²) >= 11 is 7.33. The van der Waals surface area contributed by atoms with Gasteiger partial charge < -0.3 is 14.5 Å². The quantitative estimate of drug-likeness (QED) is 0.286. The highest BCUT2D eigenvalue weighted by Gasteiger charge is 2.44. The van der Waals surface area contributed by atoms with Gasteiger partial charge >= 0.3 is 0 Å². The van der Waals surface area contributed by atoms with Gasteiger partial charge in [0.05, 0.1) is 19.4 Å². The Hall–Kier alpha value is -2.43. The third-order valence-corrected chi connectivity index (χ3v) is 15.7. The lowest BCUT2D eigenvalue weighted by Gasteiger charge is -2.43. The fraction of sp³-hybridized carbons (Fsp3) is 0.474. The molecular formula is C38H48N3OPS. The average molecular weight is 626 g/mol. The first kappa shape index (κ1) is 30.2. The summed E-state index contributed by atoms with van der Waals surface area (Å²) in [6.45, 7) is 8.08. The Morgan fingerprint density at radius 3 is 1.41 bits per heavy atom. The minimum atomic E-state index is -2.24. The van der Waals surface area contributed by atoms with E-state index in [1.54, 1.807) is 10.6 Å². The number of morpholine rings is 1. The van der Waals surface area contributed by atoms with Gasteiger partial charge in [0.15, 0.2) is 0 Å². The molecule has 0 bridgehead atoms. The van der Waals surface area contributed by atoms with Crippen molar-refractivity contribution in [3.63, 3.8) is 0 Å². The molecule has 3 heterocycles. The van der Waals surface area contributed by atoms with Crippen LogP contribution in [0.1, 0.15) is 75.3 Å². The van der Waals surface area contributed by atoms with Gasteiger partial charge in [0.25, 0.3) is 0 Å². The van der Waals surface area contributed by atoms with E-state index in [2.05, 4.69) is 87.3 Å². The normalized spacial score (nSPS) is 24.3. The van der Waals surface area contributed by atoms with Gasteiger partial charge in [-0.2, -0.15) is 0 Å². The van der Waals surface area contributed by atoms with Crippen LogP contribution in [0.3, 0.4) is 0 Å². The van der Waals surface area contributed by atoms with Crippen molar-refractivity contribution in [1.29, 1.82) is 0 Å². The number of piperidine rings is 2. The van der Waals surface area contributed by atoms with E-state index in [-0.39, 0.29) is 0 Å². The molecule has 0 N–H and O–H groups in total. The van der Waals surface area contributed by atoms with Gasteiger partial charge in [0, 0.05) is 61.3 Å². The number of allylic oxidation sites excluding steroid dienone is 4. The molecule has 5 aliphatic rings. The maximum atomic E-state index is 7.33. The van der Waals surface area contributed by atoms with Crippen molar-refractivity contribution < 1.29 is 4.74 Å². The van der Waals surface area contributed by atoms with Crippen LogP contribution >= 0.6 is 6.19 Å². The summed E-state index contributed by atoms with van der Waals surface area (Å²) in [5.74, 6) is 0. The van der Waals surface area contributed by atoms with Crippen LogP contribution in [-0.4, -0.2) is 67.0 Å². The lowest BCUT2D eigenvalue weighted by atomic mass is 10.1. The largest absolute Gasteiger partial charge is 0.379 e. The van der Waals surface area contributed by atoms with Crippen molar-refractivity contribution in [3.05, 3.63) is 105 Å². The van der Waals surface area contributed by atoms with Crippen LogP contribution in [0.15, 0.2) is 93.8 Å². The minimum absolute atomic E-state index is 0.788. The lowest BCUT2D eigenvalue weighted by Crippen LogP contribution is -2.36. The van der Waals surface area contributed by atoms with Crippen molar-refractivity contribution >= 4 is 30.1 Å². The highest BCUT2D eigenvalue weighted by molar-refractivity contribution is 8.17. The molecule has 0 saturated carbocycles. The molecule has 232 valence electrons. The van der Waals surface area contributed by atoms with Crippen LogP contribution < -0.4 is 0 Å². The van der Waals surface area contributed by atoms with Gasteiger partial charge in [-0.05, 0) is 98.6 Å². The average Bonchev–Trinajstić information content (AvgIpc) is 3.71. The number of hydrogen-bond acceptors (Lipinski definition) is 4. The molecule has 3 aliphatic heterocycles.